The molecule has 2 aliphatic heterocycles. The average molecular weight is 465 g/mol. The molecule has 6 heteroatoms. The highest BCUT2D eigenvalue weighted by molar-refractivity contribution is 5.75. The van der Waals surface area contributed by atoms with E-state index in [0.29, 0.717) is 25.7 Å². The third-order valence-corrected chi connectivity index (χ3v) is 7.81. The summed E-state index contributed by atoms with van der Waals surface area (Å²) in [6.45, 7) is 2.06. The quantitative estimate of drug-likeness (QED) is 0.664. The molecule has 3 fully saturated rings. The summed E-state index contributed by atoms with van der Waals surface area (Å²) in [5.74, 6) is 0.594. The maximum atomic E-state index is 13.5. The molecule has 1 aliphatic carbocycles. The van der Waals surface area contributed by atoms with E-state index in [1.165, 1.54) is 0 Å². The second-order valence-electron chi connectivity index (χ2n) is 9.92. The minimum absolute atomic E-state index is 0.0462. The normalized spacial score (nSPS) is 26.0. The van der Waals surface area contributed by atoms with Gasteiger partial charge < -0.3 is 24.8 Å². The SMILES string of the molecule is O=C(NC1CCC(CC2OCCO2)CC1)N1CCC[C@H]1C(O)(c1ccccc1)c1ccccc1. The Morgan fingerprint density at radius 1 is 0.912 bits per heavy atom. The van der Waals surface area contributed by atoms with Crippen LogP contribution < -0.4 is 5.32 Å². The maximum absolute atomic E-state index is 13.5. The zero-order chi connectivity index (χ0) is 23.4. The first-order valence-electron chi connectivity index (χ1n) is 12.8. The zero-order valence-electron chi connectivity index (χ0n) is 19.8. The first-order chi connectivity index (χ1) is 16.6. The number of aliphatic hydroxyl groups is 1. The molecule has 182 valence electrons. The van der Waals surface area contributed by atoms with Crippen molar-refractivity contribution >= 4 is 6.03 Å². The maximum Gasteiger partial charge on any atom is 0.317 e. The van der Waals surface area contributed by atoms with E-state index in [-0.39, 0.29) is 24.4 Å². The van der Waals surface area contributed by atoms with Crippen LogP contribution in [0.4, 0.5) is 4.79 Å². The van der Waals surface area contributed by atoms with E-state index in [9.17, 15) is 9.90 Å². The summed E-state index contributed by atoms with van der Waals surface area (Å²) in [4.78, 5) is 15.3. The van der Waals surface area contributed by atoms with Gasteiger partial charge in [-0.15, -0.1) is 0 Å². The van der Waals surface area contributed by atoms with Gasteiger partial charge in [0.05, 0.1) is 19.3 Å². The summed E-state index contributed by atoms with van der Waals surface area (Å²) in [7, 11) is 0. The fraction of sp³-hybridized carbons (Fsp3) is 0.536. The average Bonchev–Trinajstić information content (AvgIpc) is 3.59. The van der Waals surface area contributed by atoms with Crippen LogP contribution in [0.25, 0.3) is 0 Å². The van der Waals surface area contributed by atoms with Crippen LogP contribution in [0.3, 0.4) is 0 Å². The smallest absolute Gasteiger partial charge is 0.317 e. The number of hydrogen-bond donors (Lipinski definition) is 2. The van der Waals surface area contributed by atoms with Gasteiger partial charge in [-0.05, 0) is 55.6 Å². The van der Waals surface area contributed by atoms with Crippen LogP contribution >= 0.6 is 0 Å². The molecule has 1 saturated carbocycles. The molecule has 2 aromatic carbocycles. The third kappa shape index (κ3) is 4.85. The number of likely N-dealkylation sites (tertiary alicyclic amines) is 1. The number of urea groups is 1. The van der Waals surface area contributed by atoms with E-state index < -0.39 is 5.60 Å². The molecule has 6 nitrogen and oxygen atoms in total. The van der Waals surface area contributed by atoms with Crippen molar-refractivity contribution in [2.45, 2.75) is 68.9 Å². The van der Waals surface area contributed by atoms with E-state index in [4.69, 9.17) is 9.47 Å². The number of ether oxygens (including phenoxy) is 2. The van der Waals surface area contributed by atoms with E-state index in [0.717, 1.165) is 56.1 Å². The summed E-state index contributed by atoms with van der Waals surface area (Å²) in [6.07, 6.45) is 6.67. The highest BCUT2D eigenvalue weighted by atomic mass is 16.7. The number of amides is 2. The fourth-order valence-electron chi connectivity index (χ4n) is 6.00. The van der Waals surface area contributed by atoms with Gasteiger partial charge in [0.1, 0.15) is 5.60 Å². The predicted octanol–water partition coefficient (Wildman–Crippen LogP) is 4.42. The van der Waals surface area contributed by atoms with Crippen molar-refractivity contribution in [1.82, 2.24) is 10.2 Å². The number of nitrogens with one attached hydrogen (secondary N) is 1. The van der Waals surface area contributed by atoms with E-state index >= 15 is 0 Å². The van der Waals surface area contributed by atoms with Crippen molar-refractivity contribution in [3.63, 3.8) is 0 Å². The van der Waals surface area contributed by atoms with E-state index in [1.807, 2.05) is 65.6 Å². The van der Waals surface area contributed by atoms with Gasteiger partial charge in [0, 0.05) is 19.0 Å². The number of hydrogen-bond acceptors (Lipinski definition) is 4. The molecule has 2 heterocycles. The molecule has 2 saturated heterocycles. The van der Waals surface area contributed by atoms with Crippen molar-refractivity contribution in [2.75, 3.05) is 19.8 Å². The Hall–Kier alpha value is -2.41. The van der Waals surface area contributed by atoms with Crippen LogP contribution in [0.1, 0.15) is 56.1 Å². The van der Waals surface area contributed by atoms with Gasteiger partial charge in [-0.2, -0.15) is 0 Å². The summed E-state index contributed by atoms with van der Waals surface area (Å²) in [6, 6.07) is 19.3. The standard InChI is InChI=1S/C28H36N2O4/c31-27(29-24-15-13-21(14-16-24)20-26-33-18-19-34-26)30-17-7-12-25(30)28(32,22-8-3-1-4-9-22)23-10-5-2-6-11-23/h1-6,8-11,21,24-26,32H,7,12-20H2,(H,29,31)/t21?,24?,25-/m0/s1. The minimum atomic E-state index is -1.25. The lowest BCUT2D eigenvalue weighted by Crippen LogP contribution is -2.54. The Morgan fingerprint density at radius 3 is 2.09 bits per heavy atom. The predicted molar refractivity (Wildman–Crippen MR) is 130 cm³/mol. The van der Waals surface area contributed by atoms with Gasteiger partial charge in [-0.1, -0.05) is 60.7 Å². The van der Waals surface area contributed by atoms with Gasteiger partial charge in [0.2, 0.25) is 0 Å². The summed E-state index contributed by atoms with van der Waals surface area (Å²) in [5, 5.41) is 15.5. The number of benzene rings is 2. The third-order valence-electron chi connectivity index (χ3n) is 7.81. The van der Waals surface area contributed by atoms with Crippen molar-refractivity contribution in [1.29, 1.82) is 0 Å². The Kier molecular flexibility index (Phi) is 7.18. The lowest BCUT2D eigenvalue weighted by Gasteiger charge is -2.41. The van der Waals surface area contributed by atoms with Crippen LogP contribution in [0.5, 0.6) is 0 Å². The van der Waals surface area contributed by atoms with Gasteiger partial charge in [0.25, 0.3) is 0 Å². The van der Waals surface area contributed by atoms with Gasteiger partial charge in [0.15, 0.2) is 6.29 Å². The monoisotopic (exact) mass is 464 g/mol. The van der Waals surface area contributed by atoms with Crippen molar-refractivity contribution in [3.05, 3.63) is 71.8 Å². The molecule has 0 radical (unpaired) electrons. The summed E-state index contributed by atoms with van der Waals surface area (Å²) >= 11 is 0. The number of carbonyl (C=O) groups excluding carboxylic acids is 1. The van der Waals surface area contributed by atoms with Gasteiger partial charge >= 0.3 is 6.03 Å². The molecule has 1 atom stereocenters. The molecule has 5 rings (SSSR count). The van der Waals surface area contributed by atoms with E-state index in [1.54, 1.807) is 0 Å². The van der Waals surface area contributed by atoms with Crippen molar-refractivity contribution in [3.8, 4) is 0 Å². The van der Waals surface area contributed by atoms with Gasteiger partial charge in [-0.25, -0.2) is 4.79 Å². The van der Waals surface area contributed by atoms with Crippen LogP contribution in [0.15, 0.2) is 60.7 Å². The first kappa shape index (κ1) is 23.3. The lowest BCUT2D eigenvalue weighted by atomic mass is 9.79. The Labute approximate surface area is 202 Å². The lowest BCUT2D eigenvalue weighted by molar-refractivity contribution is -0.0602. The number of carbonyl (C=O) groups is 1. The Balaban J connectivity index is 1.27. The molecule has 3 aliphatic rings. The largest absolute Gasteiger partial charge is 0.378 e. The highest BCUT2D eigenvalue weighted by Crippen LogP contribution is 2.40. The summed E-state index contributed by atoms with van der Waals surface area (Å²) < 4.78 is 11.2. The molecular weight excluding hydrogens is 428 g/mol. The molecular formula is C28H36N2O4. The minimum Gasteiger partial charge on any atom is -0.378 e. The molecule has 0 unspecified atom stereocenters. The molecule has 0 spiro atoms. The number of rotatable bonds is 6. The summed E-state index contributed by atoms with van der Waals surface area (Å²) in [5.41, 5.74) is 0.389. The van der Waals surface area contributed by atoms with Crippen molar-refractivity contribution < 1.29 is 19.4 Å². The molecule has 2 aromatic rings. The van der Waals surface area contributed by atoms with Crippen LogP contribution in [-0.2, 0) is 15.1 Å². The molecule has 34 heavy (non-hydrogen) atoms. The molecule has 2 N–H and O–H groups in total. The Bertz CT molecular complexity index is 884. The van der Waals surface area contributed by atoms with Crippen LogP contribution in [0, 0.1) is 5.92 Å². The number of nitrogens with zero attached hydrogens (tertiary/aromatic N) is 1. The van der Waals surface area contributed by atoms with Gasteiger partial charge in [-0.3, -0.25) is 0 Å². The molecule has 0 bridgehead atoms. The van der Waals surface area contributed by atoms with Crippen LogP contribution in [0.2, 0.25) is 0 Å². The van der Waals surface area contributed by atoms with E-state index in [2.05, 4.69) is 5.32 Å². The fourth-order valence-corrected chi connectivity index (χ4v) is 6.00. The topological polar surface area (TPSA) is 71.0 Å². The van der Waals surface area contributed by atoms with Crippen molar-refractivity contribution in [2.24, 2.45) is 5.92 Å². The highest BCUT2D eigenvalue weighted by Gasteiger charge is 2.47. The Morgan fingerprint density at radius 2 is 1.50 bits per heavy atom. The second kappa shape index (κ2) is 10.5. The second-order valence-corrected chi connectivity index (χ2v) is 9.92. The first-order valence-corrected chi connectivity index (χ1v) is 12.8. The molecule has 2 amide bonds. The van der Waals surface area contributed by atoms with Crippen LogP contribution in [-0.4, -0.2) is 54.2 Å². The zero-order valence-corrected chi connectivity index (χ0v) is 19.8. The molecule has 0 aromatic heterocycles.